The normalized spacial score (nSPS) is 10.3. The minimum absolute atomic E-state index is 0.587. The maximum Gasteiger partial charge on any atom is 0.203 e. The lowest BCUT2D eigenvalue weighted by molar-refractivity contribution is 0.323. The van der Waals surface area contributed by atoms with Crippen LogP contribution >= 0.6 is 0 Å². The third-order valence-electron chi connectivity index (χ3n) is 2.72. The zero-order valence-corrected chi connectivity index (χ0v) is 11.5. The smallest absolute Gasteiger partial charge is 0.203 e. The van der Waals surface area contributed by atoms with Gasteiger partial charge in [-0.3, -0.25) is 0 Å². The van der Waals surface area contributed by atoms with Crippen molar-refractivity contribution >= 4 is 0 Å². The molecule has 6 heteroatoms. The monoisotopic (exact) mass is 263 g/mol. The summed E-state index contributed by atoms with van der Waals surface area (Å²) in [4.78, 5) is 0. The van der Waals surface area contributed by atoms with Crippen LogP contribution in [0.2, 0.25) is 0 Å². The van der Waals surface area contributed by atoms with Crippen molar-refractivity contribution in [2.75, 3.05) is 21.3 Å². The van der Waals surface area contributed by atoms with Gasteiger partial charge in [-0.15, -0.1) is 5.10 Å². The molecule has 0 atom stereocenters. The van der Waals surface area contributed by atoms with E-state index in [9.17, 15) is 0 Å². The average Bonchev–Trinajstić information content (AvgIpc) is 2.82. The van der Waals surface area contributed by atoms with Gasteiger partial charge in [0.05, 0.1) is 33.6 Å². The standard InChI is InChI=1S/C13H17N3O3/c1-9-7-16(15-14-9)8-10-5-11(17-2)13(19-4)12(6-10)18-3/h5-7H,8H2,1-4H3. The molecule has 0 saturated carbocycles. The SMILES string of the molecule is COc1cc(Cn2cc(C)nn2)cc(OC)c1OC. The van der Waals surface area contributed by atoms with Crippen molar-refractivity contribution in [3.05, 3.63) is 29.6 Å². The molecule has 0 amide bonds. The van der Waals surface area contributed by atoms with E-state index in [0.717, 1.165) is 11.3 Å². The van der Waals surface area contributed by atoms with Gasteiger partial charge in [-0.25, -0.2) is 4.68 Å². The van der Waals surface area contributed by atoms with Crippen molar-refractivity contribution in [3.8, 4) is 17.2 Å². The summed E-state index contributed by atoms with van der Waals surface area (Å²) in [6.07, 6.45) is 1.88. The average molecular weight is 263 g/mol. The van der Waals surface area contributed by atoms with E-state index in [1.165, 1.54) is 0 Å². The van der Waals surface area contributed by atoms with Gasteiger partial charge in [-0.2, -0.15) is 0 Å². The molecule has 0 aliphatic carbocycles. The van der Waals surface area contributed by atoms with Crippen molar-refractivity contribution < 1.29 is 14.2 Å². The molecule has 0 bridgehead atoms. The van der Waals surface area contributed by atoms with Crippen LogP contribution in [-0.4, -0.2) is 36.3 Å². The van der Waals surface area contributed by atoms with Crippen LogP contribution in [0.1, 0.15) is 11.3 Å². The molecule has 2 rings (SSSR count). The van der Waals surface area contributed by atoms with Crippen molar-refractivity contribution in [2.24, 2.45) is 0 Å². The lowest BCUT2D eigenvalue weighted by Gasteiger charge is -2.14. The van der Waals surface area contributed by atoms with Gasteiger partial charge < -0.3 is 14.2 Å². The lowest BCUT2D eigenvalue weighted by Crippen LogP contribution is -2.03. The summed E-state index contributed by atoms with van der Waals surface area (Å²) < 4.78 is 17.7. The van der Waals surface area contributed by atoms with Crippen molar-refractivity contribution in [2.45, 2.75) is 13.5 Å². The summed E-state index contributed by atoms with van der Waals surface area (Å²) in [5.41, 5.74) is 1.88. The highest BCUT2D eigenvalue weighted by molar-refractivity contribution is 5.53. The van der Waals surface area contributed by atoms with Crippen molar-refractivity contribution in [1.29, 1.82) is 0 Å². The Kier molecular flexibility index (Phi) is 3.89. The summed E-state index contributed by atoms with van der Waals surface area (Å²) in [6, 6.07) is 3.80. The van der Waals surface area contributed by atoms with Crippen LogP contribution in [0.15, 0.2) is 18.3 Å². The fourth-order valence-electron chi connectivity index (χ4n) is 1.89. The lowest BCUT2D eigenvalue weighted by atomic mass is 10.2. The van der Waals surface area contributed by atoms with Gasteiger partial charge in [0.2, 0.25) is 5.75 Å². The highest BCUT2D eigenvalue weighted by atomic mass is 16.5. The molecule has 0 aliphatic heterocycles. The van der Waals surface area contributed by atoms with Gasteiger partial charge in [0, 0.05) is 6.20 Å². The van der Waals surface area contributed by atoms with Crippen molar-refractivity contribution in [1.82, 2.24) is 15.0 Å². The summed E-state index contributed by atoms with van der Waals surface area (Å²) in [7, 11) is 4.78. The Morgan fingerprint density at radius 1 is 1.05 bits per heavy atom. The van der Waals surface area contributed by atoms with E-state index in [1.807, 2.05) is 25.3 Å². The molecule has 0 aliphatic rings. The van der Waals surface area contributed by atoms with Crippen LogP contribution in [0.4, 0.5) is 0 Å². The molecule has 1 heterocycles. The molecule has 0 spiro atoms. The summed E-state index contributed by atoms with van der Waals surface area (Å²) in [5, 5.41) is 7.98. The zero-order chi connectivity index (χ0) is 13.8. The van der Waals surface area contributed by atoms with E-state index in [1.54, 1.807) is 26.0 Å². The van der Waals surface area contributed by atoms with E-state index in [4.69, 9.17) is 14.2 Å². The number of hydrogen-bond donors (Lipinski definition) is 0. The number of rotatable bonds is 5. The maximum atomic E-state index is 5.31. The molecule has 1 aromatic heterocycles. The molecule has 102 valence electrons. The molecular weight excluding hydrogens is 246 g/mol. The number of benzene rings is 1. The Hall–Kier alpha value is -2.24. The topological polar surface area (TPSA) is 58.4 Å². The van der Waals surface area contributed by atoms with Gasteiger partial charge >= 0.3 is 0 Å². The van der Waals surface area contributed by atoms with Crippen LogP contribution in [0, 0.1) is 6.92 Å². The molecule has 0 unspecified atom stereocenters. The first-order valence-corrected chi connectivity index (χ1v) is 5.83. The summed E-state index contributed by atoms with van der Waals surface area (Å²) >= 11 is 0. The van der Waals surface area contributed by atoms with Crippen LogP contribution in [0.3, 0.4) is 0 Å². The molecule has 0 radical (unpaired) electrons. The largest absolute Gasteiger partial charge is 0.493 e. The first-order valence-electron chi connectivity index (χ1n) is 5.83. The van der Waals surface area contributed by atoms with Crippen LogP contribution in [-0.2, 0) is 6.54 Å². The van der Waals surface area contributed by atoms with E-state index in [-0.39, 0.29) is 0 Å². The number of hydrogen-bond acceptors (Lipinski definition) is 5. The van der Waals surface area contributed by atoms with E-state index in [2.05, 4.69) is 10.3 Å². The van der Waals surface area contributed by atoms with Gasteiger partial charge in [0.25, 0.3) is 0 Å². The number of aryl methyl sites for hydroxylation is 1. The highest BCUT2D eigenvalue weighted by Crippen LogP contribution is 2.38. The molecule has 0 saturated heterocycles. The van der Waals surface area contributed by atoms with Crippen LogP contribution in [0.5, 0.6) is 17.2 Å². The Labute approximate surface area is 111 Å². The quantitative estimate of drug-likeness (QED) is 0.821. The molecule has 6 nitrogen and oxygen atoms in total. The Balaban J connectivity index is 2.35. The second-order valence-electron chi connectivity index (χ2n) is 4.09. The predicted molar refractivity (Wildman–Crippen MR) is 70.0 cm³/mol. The molecule has 0 fully saturated rings. The zero-order valence-electron chi connectivity index (χ0n) is 11.5. The van der Waals surface area contributed by atoms with E-state index < -0.39 is 0 Å². The number of ether oxygens (including phenoxy) is 3. The number of nitrogens with zero attached hydrogens (tertiary/aromatic N) is 3. The van der Waals surface area contributed by atoms with Crippen molar-refractivity contribution in [3.63, 3.8) is 0 Å². The third-order valence-corrected chi connectivity index (χ3v) is 2.72. The number of aromatic nitrogens is 3. The van der Waals surface area contributed by atoms with Gasteiger partial charge in [-0.1, -0.05) is 5.21 Å². The second-order valence-corrected chi connectivity index (χ2v) is 4.09. The molecule has 0 N–H and O–H groups in total. The molecule has 1 aromatic carbocycles. The van der Waals surface area contributed by atoms with E-state index in [0.29, 0.717) is 23.8 Å². The van der Waals surface area contributed by atoms with E-state index >= 15 is 0 Å². The van der Waals surface area contributed by atoms with Crippen LogP contribution in [0.25, 0.3) is 0 Å². The second kappa shape index (κ2) is 5.60. The fraction of sp³-hybridized carbons (Fsp3) is 0.385. The van der Waals surface area contributed by atoms with Gasteiger partial charge in [-0.05, 0) is 24.6 Å². The van der Waals surface area contributed by atoms with Crippen LogP contribution < -0.4 is 14.2 Å². The molecule has 2 aromatic rings. The Bertz CT molecular complexity index is 541. The minimum Gasteiger partial charge on any atom is -0.493 e. The maximum absolute atomic E-state index is 5.31. The predicted octanol–water partition coefficient (Wildman–Crippen LogP) is 1.66. The van der Waals surface area contributed by atoms with Gasteiger partial charge in [0.1, 0.15) is 0 Å². The summed E-state index contributed by atoms with van der Waals surface area (Å²) in [6.45, 7) is 2.50. The highest BCUT2D eigenvalue weighted by Gasteiger charge is 2.13. The Morgan fingerprint density at radius 2 is 1.68 bits per heavy atom. The fourth-order valence-corrected chi connectivity index (χ4v) is 1.89. The minimum atomic E-state index is 0.587. The summed E-state index contributed by atoms with van der Waals surface area (Å²) in [5.74, 6) is 1.85. The van der Waals surface area contributed by atoms with Gasteiger partial charge in [0.15, 0.2) is 11.5 Å². The first-order chi connectivity index (χ1) is 9.17. The number of methoxy groups -OCH3 is 3. The third kappa shape index (κ3) is 2.78. The molecular formula is C13H17N3O3. The Morgan fingerprint density at radius 3 is 2.11 bits per heavy atom. The molecule has 19 heavy (non-hydrogen) atoms. The first kappa shape index (κ1) is 13.2.